The summed E-state index contributed by atoms with van der Waals surface area (Å²) >= 11 is 0. The lowest BCUT2D eigenvalue weighted by Crippen LogP contribution is -2.29. The summed E-state index contributed by atoms with van der Waals surface area (Å²) in [5.74, 6) is 0. The van der Waals surface area contributed by atoms with E-state index in [4.69, 9.17) is 0 Å². The normalized spacial score (nSPS) is 18.9. The van der Waals surface area contributed by atoms with Crippen molar-refractivity contribution in [2.75, 3.05) is 7.05 Å². The molecular weight excluding hydrogens is 162 g/mol. The summed E-state index contributed by atoms with van der Waals surface area (Å²) in [7, 11) is 2.05. The number of hydrogen-bond acceptors (Lipinski definition) is 2. The van der Waals surface area contributed by atoms with Crippen LogP contribution in [0.5, 0.6) is 0 Å². The van der Waals surface area contributed by atoms with Gasteiger partial charge in [0.15, 0.2) is 0 Å². The van der Waals surface area contributed by atoms with E-state index in [1.54, 1.807) is 0 Å². The molecule has 0 aromatic carbocycles. The van der Waals surface area contributed by atoms with Crippen molar-refractivity contribution < 1.29 is 0 Å². The van der Waals surface area contributed by atoms with Crippen LogP contribution in [-0.4, -0.2) is 22.4 Å². The third-order valence-corrected chi connectivity index (χ3v) is 2.94. The first-order chi connectivity index (χ1) is 6.28. The smallest absolute Gasteiger partial charge is 0.0522 e. The summed E-state index contributed by atoms with van der Waals surface area (Å²) in [6, 6.07) is 0. The van der Waals surface area contributed by atoms with Crippen molar-refractivity contribution in [2.24, 2.45) is 0 Å². The van der Waals surface area contributed by atoms with Crippen LogP contribution in [0.3, 0.4) is 0 Å². The number of likely N-dealkylation sites (N-methyl/N-ethyl adjacent to an activating group) is 1. The Morgan fingerprint density at radius 2 is 2.38 bits per heavy atom. The predicted molar refractivity (Wildman–Crippen MR) is 52.6 cm³/mol. The zero-order chi connectivity index (χ0) is 9.31. The SMILES string of the molecule is CCn1cc(CC2(NC)CC2)cn1. The lowest BCUT2D eigenvalue weighted by Gasteiger charge is -2.11. The van der Waals surface area contributed by atoms with E-state index >= 15 is 0 Å². The number of aromatic nitrogens is 2. The maximum Gasteiger partial charge on any atom is 0.0522 e. The van der Waals surface area contributed by atoms with Crippen molar-refractivity contribution in [1.29, 1.82) is 0 Å². The Morgan fingerprint density at radius 1 is 1.62 bits per heavy atom. The Kier molecular flexibility index (Phi) is 2.12. The molecule has 1 aliphatic rings. The minimum Gasteiger partial charge on any atom is -0.314 e. The van der Waals surface area contributed by atoms with E-state index in [1.165, 1.54) is 18.4 Å². The van der Waals surface area contributed by atoms with Crippen molar-refractivity contribution in [1.82, 2.24) is 15.1 Å². The Bertz CT molecular complexity index is 286. The average Bonchev–Trinajstić information content (AvgIpc) is 2.77. The fraction of sp³-hybridized carbons (Fsp3) is 0.700. The number of hydrogen-bond donors (Lipinski definition) is 1. The van der Waals surface area contributed by atoms with E-state index in [9.17, 15) is 0 Å². The van der Waals surface area contributed by atoms with Gasteiger partial charge in [-0.1, -0.05) is 0 Å². The molecule has 13 heavy (non-hydrogen) atoms. The highest BCUT2D eigenvalue weighted by atomic mass is 15.3. The molecule has 1 aliphatic carbocycles. The molecule has 0 radical (unpaired) electrons. The van der Waals surface area contributed by atoms with Crippen molar-refractivity contribution in [3.8, 4) is 0 Å². The molecule has 0 amide bonds. The molecule has 0 spiro atoms. The molecule has 1 aromatic heterocycles. The fourth-order valence-electron chi connectivity index (χ4n) is 1.73. The largest absolute Gasteiger partial charge is 0.314 e. The first-order valence-electron chi connectivity index (χ1n) is 4.98. The van der Waals surface area contributed by atoms with Gasteiger partial charge in [-0.3, -0.25) is 4.68 Å². The molecule has 3 heteroatoms. The minimum atomic E-state index is 0.404. The van der Waals surface area contributed by atoms with Crippen molar-refractivity contribution in [3.05, 3.63) is 18.0 Å². The molecular formula is C10H17N3. The third-order valence-electron chi connectivity index (χ3n) is 2.94. The van der Waals surface area contributed by atoms with Crippen LogP contribution in [0.25, 0.3) is 0 Å². The summed E-state index contributed by atoms with van der Waals surface area (Å²) in [4.78, 5) is 0. The Balaban J connectivity index is 2.01. The molecule has 0 aliphatic heterocycles. The molecule has 1 N–H and O–H groups in total. The Labute approximate surface area is 79.1 Å². The quantitative estimate of drug-likeness (QED) is 0.752. The standard InChI is InChI=1S/C10H17N3/c1-3-13-8-9(7-12-13)6-10(11-2)4-5-10/h7-8,11H,3-6H2,1-2H3. The second kappa shape index (κ2) is 3.14. The van der Waals surface area contributed by atoms with Crippen molar-refractivity contribution in [2.45, 2.75) is 38.3 Å². The predicted octanol–water partition coefficient (Wildman–Crippen LogP) is 1.20. The fourth-order valence-corrected chi connectivity index (χ4v) is 1.73. The molecule has 1 heterocycles. The van der Waals surface area contributed by atoms with Gasteiger partial charge in [0.2, 0.25) is 0 Å². The van der Waals surface area contributed by atoms with E-state index < -0.39 is 0 Å². The summed E-state index contributed by atoms with van der Waals surface area (Å²) in [6.07, 6.45) is 7.88. The molecule has 0 unspecified atom stereocenters. The molecule has 1 aromatic rings. The van der Waals surface area contributed by atoms with Crippen LogP contribution in [-0.2, 0) is 13.0 Å². The van der Waals surface area contributed by atoms with Gasteiger partial charge in [0.25, 0.3) is 0 Å². The summed E-state index contributed by atoms with van der Waals surface area (Å²) in [5.41, 5.74) is 1.76. The van der Waals surface area contributed by atoms with Crippen LogP contribution in [0.4, 0.5) is 0 Å². The summed E-state index contributed by atoms with van der Waals surface area (Å²) < 4.78 is 1.99. The van der Waals surface area contributed by atoms with Gasteiger partial charge in [-0.15, -0.1) is 0 Å². The highest BCUT2D eigenvalue weighted by Gasteiger charge is 2.40. The summed E-state index contributed by atoms with van der Waals surface area (Å²) in [6.45, 7) is 3.08. The van der Waals surface area contributed by atoms with Crippen LogP contribution in [0.2, 0.25) is 0 Å². The van der Waals surface area contributed by atoms with Gasteiger partial charge in [0.05, 0.1) is 6.20 Å². The van der Waals surface area contributed by atoms with Crippen molar-refractivity contribution in [3.63, 3.8) is 0 Å². The molecule has 0 bridgehead atoms. The van der Waals surface area contributed by atoms with E-state index in [-0.39, 0.29) is 0 Å². The van der Waals surface area contributed by atoms with Gasteiger partial charge in [-0.2, -0.15) is 5.10 Å². The molecule has 1 saturated carbocycles. The maximum absolute atomic E-state index is 4.27. The average molecular weight is 179 g/mol. The molecule has 1 fully saturated rings. The minimum absolute atomic E-state index is 0.404. The molecule has 0 saturated heterocycles. The topological polar surface area (TPSA) is 29.9 Å². The van der Waals surface area contributed by atoms with E-state index in [2.05, 4.69) is 30.6 Å². The van der Waals surface area contributed by atoms with Crippen molar-refractivity contribution >= 4 is 0 Å². The Morgan fingerprint density at radius 3 is 2.85 bits per heavy atom. The molecule has 2 rings (SSSR count). The second-order valence-corrected chi connectivity index (χ2v) is 3.91. The van der Waals surface area contributed by atoms with Gasteiger partial charge in [0.1, 0.15) is 0 Å². The van der Waals surface area contributed by atoms with E-state index in [0.29, 0.717) is 5.54 Å². The first kappa shape index (κ1) is 8.75. The monoisotopic (exact) mass is 179 g/mol. The van der Waals surface area contributed by atoms with Gasteiger partial charge < -0.3 is 5.32 Å². The highest BCUT2D eigenvalue weighted by molar-refractivity contribution is 5.15. The maximum atomic E-state index is 4.27. The van der Waals surface area contributed by atoms with Crippen LogP contribution in [0, 0.1) is 0 Å². The van der Waals surface area contributed by atoms with Crippen LogP contribution in [0.15, 0.2) is 12.4 Å². The second-order valence-electron chi connectivity index (χ2n) is 3.91. The Hall–Kier alpha value is -0.830. The van der Waals surface area contributed by atoms with Gasteiger partial charge in [-0.25, -0.2) is 0 Å². The van der Waals surface area contributed by atoms with Crippen LogP contribution < -0.4 is 5.32 Å². The van der Waals surface area contributed by atoms with Gasteiger partial charge in [-0.05, 0) is 38.8 Å². The number of aryl methyl sites for hydroxylation is 1. The third kappa shape index (κ3) is 1.75. The number of rotatable bonds is 4. The highest BCUT2D eigenvalue weighted by Crippen LogP contribution is 2.37. The van der Waals surface area contributed by atoms with Crippen LogP contribution >= 0.6 is 0 Å². The summed E-state index contributed by atoms with van der Waals surface area (Å²) in [5, 5.41) is 7.66. The number of nitrogens with zero attached hydrogens (tertiary/aromatic N) is 2. The van der Waals surface area contributed by atoms with E-state index in [0.717, 1.165) is 13.0 Å². The number of nitrogens with one attached hydrogen (secondary N) is 1. The molecule has 3 nitrogen and oxygen atoms in total. The van der Waals surface area contributed by atoms with Gasteiger partial charge in [0, 0.05) is 18.3 Å². The lowest BCUT2D eigenvalue weighted by molar-refractivity contribution is 0.548. The van der Waals surface area contributed by atoms with Crippen LogP contribution in [0.1, 0.15) is 25.3 Å². The van der Waals surface area contributed by atoms with Gasteiger partial charge >= 0.3 is 0 Å². The molecule has 72 valence electrons. The lowest BCUT2D eigenvalue weighted by atomic mass is 10.1. The van der Waals surface area contributed by atoms with E-state index in [1.807, 2.05) is 10.9 Å². The zero-order valence-corrected chi connectivity index (χ0v) is 8.38. The zero-order valence-electron chi connectivity index (χ0n) is 8.38. The molecule has 0 atom stereocenters. The first-order valence-corrected chi connectivity index (χ1v) is 4.98.